The van der Waals surface area contributed by atoms with Crippen molar-refractivity contribution in [3.05, 3.63) is 36.4 Å². The molecule has 1 aliphatic rings. The monoisotopic (exact) mass is 415 g/mol. The number of rotatable bonds is 6. The molecule has 3 rings (SSSR count). The summed E-state index contributed by atoms with van der Waals surface area (Å²) in [5, 5.41) is 20.5. The summed E-state index contributed by atoms with van der Waals surface area (Å²) in [5.41, 5.74) is 0. The molecule has 148 valence electrons. The summed E-state index contributed by atoms with van der Waals surface area (Å²) < 4.78 is 56.6. The number of aliphatic hydroxyl groups is 2. The van der Waals surface area contributed by atoms with Gasteiger partial charge in [-0.15, -0.1) is 0 Å². The fourth-order valence-corrected chi connectivity index (χ4v) is 7.16. The fraction of sp³-hybridized carbons (Fsp3) is 0.412. The minimum atomic E-state index is -4.19. The van der Waals surface area contributed by atoms with Crippen molar-refractivity contribution in [2.75, 3.05) is 31.8 Å². The molecule has 10 heteroatoms. The Labute approximate surface area is 158 Å². The topological polar surface area (TPSA) is 121 Å². The normalized spacial score (nSPS) is 22.4. The van der Waals surface area contributed by atoms with Crippen molar-refractivity contribution >= 4 is 30.6 Å². The van der Waals surface area contributed by atoms with Crippen LogP contribution in [0.15, 0.2) is 41.3 Å². The number of aliphatic hydroxyl groups excluding tert-OH is 2. The average Bonchev–Trinajstić information content (AvgIpc) is 2.90. The van der Waals surface area contributed by atoms with Crippen molar-refractivity contribution in [3.63, 3.8) is 0 Å². The molecule has 0 saturated carbocycles. The molecule has 1 aliphatic heterocycles. The highest BCUT2D eigenvalue weighted by Crippen LogP contribution is 2.34. The number of sulfonamides is 1. The molecule has 0 aliphatic carbocycles. The van der Waals surface area contributed by atoms with Gasteiger partial charge in [-0.3, -0.25) is 0 Å². The average molecular weight is 415 g/mol. The number of hydrogen-bond donors (Lipinski definition) is 2. The summed E-state index contributed by atoms with van der Waals surface area (Å²) in [6.45, 7) is -0.823. The van der Waals surface area contributed by atoms with Crippen LogP contribution in [0.3, 0.4) is 0 Å². The molecule has 0 amide bonds. The lowest BCUT2D eigenvalue weighted by Crippen LogP contribution is -2.47. The lowest BCUT2D eigenvalue weighted by molar-refractivity contribution is 0.117. The highest BCUT2D eigenvalue weighted by Gasteiger charge is 2.44. The van der Waals surface area contributed by atoms with Crippen molar-refractivity contribution in [2.24, 2.45) is 0 Å². The minimum Gasteiger partial charge on any atom is -0.496 e. The van der Waals surface area contributed by atoms with Crippen molar-refractivity contribution in [2.45, 2.75) is 17.0 Å². The first-order valence-electron chi connectivity index (χ1n) is 8.28. The maximum Gasteiger partial charge on any atom is 0.244 e. The van der Waals surface area contributed by atoms with Gasteiger partial charge in [0.25, 0.3) is 0 Å². The Bertz CT molecular complexity index is 1050. The summed E-state index contributed by atoms with van der Waals surface area (Å²) in [5.74, 6) is -0.485. The summed E-state index contributed by atoms with van der Waals surface area (Å²) in [4.78, 5) is -0.0381. The Morgan fingerprint density at radius 1 is 1.15 bits per heavy atom. The third-order valence-corrected chi connectivity index (χ3v) is 8.32. The predicted molar refractivity (Wildman–Crippen MR) is 99.9 cm³/mol. The van der Waals surface area contributed by atoms with Gasteiger partial charge in [-0.1, -0.05) is 24.3 Å². The first-order valence-corrected chi connectivity index (χ1v) is 11.5. The Morgan fingerprint density at radius 3 is 2.37 bits per heavy atom. The van der Waals surface area contributed by atoms with E-state index >= 15 is 0 Å². The lowest BCUT2D eigenvalue weighted by atomic mass is 10.1. The van der Waals surface area contributed by atoms with E-state index in [1.54, 1.807) is 24.3 Å². The molecule has 1 saturated heterocycles. The zero-order valence-electron chi connectivity index (χ0n) is 14.6. The Balaban J connectivity index is 2.15. The summed E-state index contributed by atoms with van der Waals surface area (Å²) in [7, 11) is -6.27. The largest absolute Gasteiger partial charge is 0.496 e. The summed E-state index contributed by atoms with van der Waals surface area (Å²) in [6.07, 6.45) is -1.35. The zero-order chi connectivity index (χ0) is 19.8. The van der Waals surface area contributed by atoms with Crippen LogP contribution in [-0.2, 0) is 19.9 Å². The number of methoxy groups -OCH3 is 1. The van der Waals surface area contributed by atoms with E-state index in [4.69, 9.17) is 4.74 Å². The number of fused-ring (bicyclic) bond motifs is 1. The van der Waals surface area contributed by atoms with E-state index in [9.17, 15) is 27.0 Å². The van der Waals surface area contributed by atoms with Crippen LogP contribution in [0.4, 0.5) is 0 Å². The Kier molecular flexibility index (Phi) is 5.46. The number of benzene rings is 2. The van der Waals surface area contributed by atoms with Gasteiger partial charge >= 0.3 is 0 Å². The zero-order valence-corrected chi connectivity index (χ0v) is 16.3. The maximum absolute atomic E-state index is 13.3. The van der Waals surface area contributed by atoms with E-state index in [2.05, 4.69) is 0 Å². The smallest absolute Gasteiger partial charge is 0.244 e. The van der Waals surface area contributed by atoms with Gasteiger partial charge in [0.2, 0.25) is 10.0 Å². The Hall–Kier alpha value is -1.72. The lowest BCUT2D eigenvalue weighted by Gasteiger charge is -2.29. The van der Waals surface area contributed by atoms with Gasteiger partial charge < -0.3 is 14.9 Å². The molecule has 1 heterocycles. The Morgan fingerprint density at radius 2 is 1.81 bits per heavy atom. The molecular formula is C17H21NO7S2. The van der Waals surface area contributed by atoms with Crippen LogP contribution in [0, 0.1) is 0 Å². The van der Waals surface area contributed by atoms with Crippen LogP contribution in [0.25, 0.3) is 10.8 Å². The van der Waals surface area contributed by atoms with Gasteiger partial charge in [-0.25, -0.2) is 16.8 Å². The van der Waals surface area contributed by atoms with Gasteiger partial charge in [0.1, 0.15) is 5.75 Å². The van der Waals surface area contributed by atoms with Crippen molar-refractivity contribution in [3.8, 4) is 5.75 Å². The minimum absolute atomic E-state index is 0.0381. The van der Waals surface area contributed by atoms with Crippen LogP contribution >= 0.6 is 0 Å². The van der Waals surface area contributed by atoms with Crippen LogP contribution < -0.4 is 4.74 Å². The predicted octanol–water partition coefficient (Wildman–Crippen LogP) is -0.0107. The van der Waals surface area contributed by atoms with Crippen LogP contribution in [0.2, 0.25) is 0 Å². The molecule has 0 bridgehead atoms. The van der Waals surface area contributed by atoms with Crippen molar-refractivity contribution in [1.29, 1.82) is 0 Å². The molecule has 8 nitrogen and oxygen atoms in total. The molecule has 0 unspecified atom stereocenters. The molecule has 2 N–H and O–H groups in total. The van der Waals surface area contributed by atoms with Gasteiger partial charge in [0.05, 0.1) is 42.3 Å². The van der Waals surface area contributed by atoms with E-state index < -0.39 is 50.1 Å². The van der Waals surface area contributed by atoms with Crippen molar-refractivity contribution in [1.82, 2.24) is 4.31 Å². The fourth-order valence-electron chi connectivity index (χ4n) is 3.42. The quantitative estimate of drug-likeness (QED) is 0.680. The molecule has 27 heavy (non-hydrogen) atoms. The molecule has 2 aromatic rings. The third-order valence-electron chi connectivity index (χ3n) is 4.63. The van der Waals surface area contributed by atoms with E-state index in [1.165, 1.54) is 19.2 Å². The number of sulfone groups is 1. The first-order chi connectivity index (χ1) is 12.7. The van der Waals surface area contributed by atoms with Gasteiger partial charge in [0.15, 0.2) is 9.84 Å². The first kappa shape index (κ1) is 20.0. The second kappa shape index (κ2) is 7.36. The number of ether oxygens (including phenoxy) is 1. The van der Waals surface area contributed by atoms with Gasteiger partial charge in [-0.05, 0) is 12.1 Å². The van der Waals surface area contributed by atoms with Crippen LogP contribution in [0.5, 0.6) is 5.75 Å². The van der Waals surface area contributed by atoms with E-state index in [0.717, 1.165) is 4.31 Å². The second-order valence-corrected chi connectivity index (χ2v) is 10.4. The molecule has 0 aromatic heterocycles. The van der Waals surface area contributed by atoms with E-state index in [-0.39, 0.29) is 11.4 Å². The molecule has 0 spiro atoms. The van der Waals surface area contributed by atoms with Gasteiger partial charge in [-0.2, -0.15) is 4.31 Å². The molecule has 1 fully saturated rings. The highest BCUT2D eigenvalue weighted by atomic mass is 32.2. The van der Waals surface area contributed by atoms with Crippen LogP contribution in [0.1, 0.15) is 0 Å². The number of hydrogen-bond acceptors (Lipinski definition) is 7. The van der Waals surface area contributed by atoms with Crippen LogP contribution in [-0.4, -0.2) is 75.3 Å². The highest BCUT2D eigenvalue weighted by molar-refractivity contribution is 7.92. The molecule has 2 aromatic carbocycles. The molecular weight excluding hydrogens is 394 g/mol. The standard InChI is InChI=1S/C17H21NO7S2/c1-25-16-6-7-17(13-5-3-2-4-12(13)16)27(23,24)18(8-9-19)14-10-26(21,22)11-15(14)20/h2-7,14-15,19-20H,8-11H2,1H3/t14-,15+/m0/s1. The third kappa shape index (κ3) is 3.67. The van der Waals surface area contributed by atoms with E-state index in [1.807, 2.05) is 0 Å². The van der Waals surface area contributed by atoms with Gasteiger partial charge in [0, 0.05) is 17.3 Å². The summed E-state index contributed by atoms with van der Waals surface area (Å²) in [6, 6.07) is 8.55. The van der Waals surface area contributed by atoms with Crippen molar-refractivity contribution < 1.29 is 31.8 Å². The summed E-state index contributed by atoms with van der Waals surface area (Å²) >= 11 is 0. The second-order valence-electron chi connectivity index (χ2n) is 6.36. The number of nitrogens with zero attached hydrogens (tertiary/aromatic N) is 1. The maximum atomic E-state index is 13.3. The molecule has 2 atom stereocenters. The molecule has 0 radical (unpaired) electrons. The van der Waals surface area contributed by atoms with E-state index in [0.29, 0.717) is 16.5 Å². The SMILES string of the molecule is COc1ccc(S(=O)(=O)N(CCO)[C@H]2CS(=O)(=O)C[C@H]2O)c2ccccc12.